The number of benzene rings is 2. The molecule has 4 aromatic rings. The predicted octanol–water partition coefficient (Wildman–Crippen LogP) is 4.64. The number of thioether (sulfide) groups is 1. The summed E-state index contributed by atoms with van der Waals surface area (Å²) < 4.78 is 2.28. The second-order valence-corrected chi connectivity index (χ2v) is 7.34. The Morgan fingerprint density at radius 3 is 2.68 bits per heavy atom. The van der Waals surface area contributed by atoms with Crippen molar-refractivity contribution in [2.24, 2.45) is 0 Å². The summed E-state index contributed by atoms with van der Waals surface area (Å²) in [6, 6.07) is 17.1. The topological polar surface area (TPSA) is 43.6 Å². The van der Waals surface area contributed by atoms with Crippen LogP contribution in [0.1, 0.15) is 18.1 Å². The molecule has 0 fully saturated rings. The molecule has 0 amide bonds. The van der Waals surface area contributed by atoms with Crippen molar-refractivity contribution >= 4 is 33.8 Å². The number of hydrogen-bond acceptors (Lipinski definition) is 4. The molecule has 4 nitrogen and oxygen atoms in total. The smallest absolute Gasteiger partial charge is 0.211 e. The summed E-state index contributed by atoms with van der Waals surface area (Å²) in [7, 11) is 0. The predicted molar refractivity (Wildman–Crippen MR) is 104 cm³/mol. The first-order valence-electron chi connectivity index (χ1n) is 8.56. The summed E-state index contributed by atoms with van der Waals surface area (Å²) in [6.07, 6.45) is 0.966. The molecule has 2 aromatic carbocycles. The quantitative estimate of drug-likeness (QED) is 0.493. The summed E-state index contributed by atoms with van der Waals surface area (Å²) >= 11 is 1.63. The molecule has 0 unspecified atom stereocenters. The Bertz CT molecular complexity index is 1020. The van der Waals surface area contributed by atoms with E-state index in [4.69, 9.17) is 4.98 Å². The number of nitrogens with zero attached hydrogens (tertiary/aromatic N) is 4. The van der Waals surface area contributed by atoms with Gasteiger partial charge in [0, 0.05) is 11.9 Å². The summed E-state index contributed by atoms with van der Waals surface area (Å²) in [5, 5.41) is 10.7. The van der Waals surface area contributed by atoms with E-state index in [0.717, 1.165) is 40.4 Å². The third kappa shape index (κ3) is 3.12. The normalized spacial score (nSPS) is 11.4. The average molecular weight is 348 g/mol. The average Bonchev–Trinajstić information content (AvgIpc) is 2.93. The highest BCUT2D eigenvalue weighted by molar-refractivity contribution is 7.99. The second kappa shape index (κ2) is 6.84. The molecule has 0 N–H and O–H groups in total. The van der Waals surface area contributed by atoms with Crippen LogP contribution in [0.2, 0.25) is 0 Å². The molecule has 0 aliphatic rings. The van der Waals surface area contributed by atoms with Crippen molar-refractivity contribution in [2.45, 2.75) is 32.0 Å². The molecule has 0 bridgehead atoms. The van der Waals surface area contributed by atoms with Crippen molar-refractivity contribution < 1.29 is 0 Å². The van der Waals surface area contributed by atoms with Crippen LogP contribution in [0.25, 0.3) is 22.1 Å². The van der Waals surface area contributed by atoms with Gasteiger partial charge in [-0.3, -0.25) is 0 Å². The zero-order chi connectivity index (χ0) is 17.2. The maximum absolute atomic E-state index is 4.80. The molecule has 4 rings (SSSR count). The highest BCUT2D eigenvalue weighted by Crippen LogP contribution is 2.28. The zero-order valence-electron chi connectivity index (χ0n) is 14.4. The van der Waals surface area contributed by atoms with Gasteiger partial charge in [-0.05, 0) is 36.8 Å². The second-order valence-electron chi connectivity index (χ2n) is 6.11. The van der Waals surface area contributed by atoms with Gasteiger partial charge in [-0.1, -0.05) is 60.6 Å². The molecule has 2 aromatic heterocycles. The maximum Gasteiger partial charge on any atom is 0.211 e. The number of hydrogen-bond donors (Lipinski definition) is 0. The molecular formula is C20H20N4S. The highest BCUT2D eigenvalue weighted by atomic mass is 32.2. The Kier molecular flexibility index (Phi) is 4.40. The lowest BCUT2D eigenvalue weighted by atomic mass is 10.1. The lowest BCUT2D eigenvalue weighted by Crippen LogP contribution is -2.03. The Labute approximate surface area is 151 Å². The van der Waals surface area contributed by atoms with E-state index in [2.05, 4.69) is 77.1 Å². The molecule has 0 radical (unpaired) electrons. The fourth-order valence-electron chi connectivity index (χ4n) is 3.16. The largest absolute Gasteiger partial charge is 0.323 e. The van der Waals surface area contributed by atoms with Gasteiger partial charge in [-0.2, -0.15) is 0 Å². The van der Waals surface area contributed by atoms with Crippen LogP contribution in [0, 0.1) is 6.92 Å². The molecule has 0 saturated heterocycles. The van der Waals surface area contributed by atoms with Crippen LogP contribution in [0.15, 0.2) is 53.7 Å². The van der Waals surface area contributed by atoms with Crippen LogP contribution in [0.4, 0.5) is 0 Å². The van der Waals surface area contributed by atoms with Crippen molar-refractivity contribution in [3.63, 3.8) is 0 Å². The number of aryl methyl sites for hydroxylation is 3. The minimum atomic E-state index is 0.746. The van der Waals surface area contributed by atoms with E-state index in [9.17, 15) is 0 Å². The van der Waals surface area contributed by atoms with E-state index >= 15 is 0 Å². The molecule has 0 aliphatic carbocycles. The van der Waals surface area contributed by atoms with E-state index in [1.54, 1.807) is 11.8 Å². The van der Waals surface area contributed by atoms with Crippen molar-refractivity contribution in [1.29, 1.82) is 0 Å². The SMILES string of the molecule is CCSc1nnc2c3cc(C)ccc3n(CCc3ccccc3)c2n1. The van der Waals surface area contributed by atoms with Crippen molar-refractivity contribution in [3.05, 3.63) is 59.7 Å². The molecule has 0 saturated carbocycles. The van der Waals surface area contributed by atoms with E-state index in [1.807, 2.05) is 0 Å². The summed E-state index contributed by atoms with van der Waals surface area (Å²) in [6.45, 7) is 5.09. The third-order valence-electron chi connectivity index (χ3n) is 4.34. The van der Waals surface area contributed by atoms with Gasteiger partial charge in [-0.15, -0.1) is 10.2 Å². The van der Waals surface area contributed by atoms with Gasteiger partial charge >= 0.3 is 0 Å². The van der Waals surface area contributed by atoms with Gasteiger partial charge in [0.15, 0.2) is 5.65 Å². The van der Waals surface area contributed by atoms with E-state index in [0.29, 0.717) is 0 Å². The Morgan fingerprint density at radius 2 is 1.88 bits per heavy atom. The van der Waals surface area contributed by atoms with Crippen LogP contribution in [0.3, 0.4) is 0 Å². The standard InChI is InChI=1S/C20H20N4S/c1-3-25-20-21-19-18(22-23-20)16-13-14(2)9-10-17(16)24(19)12-11-15-7-5-4-6-8-15/h4-10,13H,3,11-12H2,1-2H3. The molecule has 126 valence electrons. The Balaban J connectivity index is 1.84. The van der Waals surface area contributed by atoms with Crippen LogP contribution in [0.5, 0.6) is 0 Å². The third-order valence-corrected chi connectivity index (χ3v) is 5.06. The zero-order valence-corrected chi connectivity index (χ0v) is 15.3. The van der Waals surface area contributed by atoms with E-state index in [1.165, 1.54) is 16.6 Å². The van der Waals surface area contributed by atoms with Crippen molar-refractivity contribution in [1.82, 2.24) is 19.7 Å². The van der Waals surface area contributed by atoms with E-state index in [-0.39, 0.29) is 0 Å². The monoisotopic (exact) mass is 348 g/mol. The molecule has 5 heteroatoms. The number of fused-ring (bicyclic) bond motifs is 3. The highest BCUT2D eigenvalue weighted by Gasteiger charge is 2.15. The van der Waals surface area contributed by atoms with Gasteiger partial charge in [0.1, 0.15) is 5.52 Å². The van der Waals surface area contributed by atoms with Gasteiger partial charge in [0.05, 0.1) is 5.52 Å². The lowest BCUT2D eigenvalue weighted by molar-refractivity contribution is 0.727. The summed E-state index contributed by atoms with van der Waals surface area (Å²) in [5.74, 6) is 0.941. The van der Waals surface area contributed by atoms with Gasteiger partial charge in [0.25, 0.3) is 0 Å². The van der Waals surface area contributed by atoms with Crippen molar-refractivity contribution in [3.8, 4) is 0 Å². The van der Waals surface area contributed by atoms with Crippen LogP contribution in [-0.4, -0.2) is 25.5 Å². The maximum atomic E-state index is 4.80. The molecular weight excluding hydrogens is 328 g/mol. The first-order chi connectivity index (χ1) is 12.3. The number of rotatable bonds is 5. The lowest BCUT2D eigenvalue weighted by Gasteiger charge is -2.07. The van der Waals surface area contributed by atoms with Gasteiger partial charge in [-0.25, -0.2) is 4.98 Å². The Hall–Kier alpha value is -2.40. The van der Waals surface area contributed by atoms with E-state index < -0.39 is 0 Å². The van der Waals surface area contributed by atoms with Gasteiger partial charge in [0.2, 0.25) is 5.16 Å². The Morgan fingerprint density at radius 1 is 1.04 bits per heavy atom. The fraction of sp³-hybridized carbons (Fsp3) is 0.250. The summed E-state index contributed by atoms with van der Waals surface area (Å²) in [5.41, 5.74) is 5.56. The molecule has 2 heterocycles. The first-order valence-corrected chi connectivity index (χ1v) is 9.55. The molecule has 0 spiro atoms. The minimum absolute atomic E-state index is 0.746. The number of aromatic nitrogens is 4. The minimum Gasteiger partial charge on any atom is -0.323 e. The first kappa shape index (κ1) is 16.1. The van der Waals surface area contributed by atoms with Gasteiger partial charge < -0.3 is 4.57 Å². The molecule has 0 aliphatic heterocycles. The van der Waals surface area contributed by atoms with Crippen molar-refractivity contribution in [2.75, 3.05) is 5.75 Å². The summed E-state index contributed by atoms with van der Waals surface area (Å²) in [4.78, 5) is 4.80. The molecule has 25 heavy (non-hydrogen) atoms. The van der Waals surface area contributed by atoms with Crippen LogP contribution < -0.4 is 0 Å². The van der Waals surface area contributed by atoms with Crippen LogP contribution in [-0.2, 0) is 13.0 Å². The fourth-order valence-corrected chi connectivity index (χ4v) is 3.66. The molecule has 0 atom stereocenters. The van der Waals surface area contributed by atoms with Crippen LogP contribution >= 0.6 is 11.8 Å².